The molecule has 0 spiro atoms. The fourth-order valence-electron chi connectivity index (χ4n) is 2.79. The first kappa shape index (κ1) is 18.6. The molecule has 3 heterocycles. The number of hydrogen-bond donors (Lipinski definition) is 3. The average Bonchev–Trinajstić information content (AvgIpc) is 2.61. The number of pyridine rings is 1. The van der Waals surface area contributed by atoms with Gasteiger partial charge < -0.3 is 10.3 Å². The number of nitrogens with one attached hydrogen (secondary N) is 3. The quantitative estimate of drug-likeness (QED) is 0.690. The predicted octanol–water partition coefficient (Wildman–Crippen LogP) is 0.596. The molecule has 0 radical (unpaired) electrons. The molecule has 0 amide bonds. The number of anilines is 1. The summed E-state index contributed by atoms with van der Waals surface area (Å²) in [7, 11) is -2.08. The van der Waals surface area contributed by atoms with Gasteiger partial charge in [0, 0.05) is 37.8 Å². The molecule has 142 valence electrons. The van der Waals surface area contributed by atoms with E-state index in [1.165, 1.54) is 17.5 Å². The summed E-state index contributed by atoms with van der Waals surface area (Å²) < 4.78 is 52.7. The number of piperidine rings is 1. The van der Waals surface area contributed by atoms with Gasteiger partial charge in [-0.3, -0.25) is 4.79 Å². The van der Waals surface area contributed by atoms with Crippen molar-refractivity contribution < 1.29 is 17.2 Å². The summed E-state index contributed by atoms with van der Waals surface area (Å²) >= 11 is 0. The van der Waals surface area contributed by atoms with Gasteiger partial charge in [-0.15, -0.1) is 0 Å². The van der Waals surface area contributed by atoms with Crippen molar-refractivity contribution in [1.82, 2.24) is 24.0 Å². The Balaban J connectivity index is 1.72. The summed E-state index contributed by atoms with van der Waals surface area (Å²) in [5, 5.41) is 3.39. The van der Waals surface area contributed by atoms with Gasteiger partial charge in [-0.05, 0) is 18.9 Å². The zero-order chi connectivity index (χ0) is 18.9. The maximum Gasteiger partial charge on any atom is 0.279 e. The van der Waals surface area contributed by atoms with Gasteiger partial charge in [0.1, 0.15) is 5.65 Å². The highest BCUT2D eigenvalue weighted by molar-refractivity contribution is 7.87. The highest BCUT2D eigenvalue weighted by atomic mass is 32.2. The largest absolute Gasteiger partial charge is 0.351 e. The van der Waals surface area contributed by atoms with Crippen molar-refractivity contribution >= 4 is 27.2 Å². The van der Waals surface area contributed by atoms with Crippen LogP contribution in [-0.4, -0.2) is 53.9 Å². The number of aromatic amines is 1. The van der Waals surface area contributed by atoms with Crippen molar-refractivity contribution in [2.24, 2.45) is 0 Å². The van der Waals surface area contributed by atoms with E-state index in [4.69, 9.17) is 0 Å². The van der Waals surface area contributed by atoms with E-state index in [0.717, 1.165) is 6.07 Å². The molecule has 0 aromatic carbocycles. The average molecular weight is 388 g/mol. The molecule has 0 atom stereocenters. The molecule has 0 aliphatic carbocycles. The Hall–Kier alpha value is -2.18. The lowest BCUT2D eigenvalue weighted by Gasteiger charge is -2.31. The van der Waals surface area contributed by atoms with E-state index in [-0.39, 0.29) is 17.6 Å². The fraction of sp³-hybridized carbons (Fsp3) is 0.500. The molecular weight excluding hydrogens is 370 g/mol. The monoisotopic (exact) mass is 388 g/mol. The highest BCUT2D eigenvalue weighted by Crippen LogP contribution is 2.20. The van der Waals surface area contributed by atoms with Gasteiger partial charge >= 0.3 is 0 Å². The lowest BCUT2D eigenvalue weighted by Crippen LogP contribution is -2.46. The molecule has 9 nitrogen and oxygen atoms in total. The molecule has 1 saturated heterocycles. The van der Waals surface area contributed by atoms with Gasteiger partial charge in [0.15, 0.2) is 0 Å². The van der Waals surface area contributed by atoms with Crippen LogP contribution in [0.15, 0.2) is 17.1 Å². The lowest BCUT2D eigenvalue weighted by molar-refractivity contribution is 0.150. The Bertz CT molecular complexity index is 957. The third-order valence-electron chi connectivity index (χ3n) is 4.24. The summed E-state index contributed by atoms with van der Waals surface area (Å²) in [6.07, 6.45) is -0.403. The van der Waals surface area contributed by atoms with Gasteiger partial charge in [-0.2, -0.15) is 17.7 Å². The van der Waals surface area contributed by atoms with Gasteiger partial charge in [0.25, 0.3) is 22.2 Å². The van der Waals surface area contributed by atoms with E-state index in [0.29, 0.717) is 31.3 Å². The molecule has 26 heavy (non-hydrogen) atoms. The van der Waals surface area contributed by atoms with E-state index in [9.17, 15) is 22.0 Å². The van der Waals surface area contributed by atoms with Gasteiger partial charge in [0.05, 0.1) is 5.56 Å². The molecule has 0 saturated carbocycles. The van der Waals surface area contributed by atoms with Crippen LogP contribution in [0.2, 0.25) is 0 Å². The second-order valence-electron chi connectivity index (χ2n) is 5.88. The maximum atomic E-state index is 12.8. The molecule has 2 aromatic rings. The van der Waals surface area contributed by atoms with Gasteiger partial charge in [0.2, 0.25) is 5.95 Å². The number of H-pyrrole nitrogens is 1. The zero-order valence-electron chi connectivity index (χ0n) is 13.9. The molecule has 3 N–H and O–H groups in total. The second-order valence-corrected chi connectivity index (χ2v) is 7.75. The predicted molar refractivity (Wildman–Crippen MR) is 91.3 cm³/mol. The Labute approximate surface area is 148 Å². The van der Waals surface area contributed by atoms with Crippen molar-refractivity contribution in [2.45, 2.75) is 25.3 Å². The molecular formula is C14H18F2N6O3S. The number of alkyl halides is 2. The Morgan fingerprint density at radius 3 is 2.65 bits per heavy atom. The fourth-order valence-corrected chi connectivity index (χ4v) is 3.74. The second kappa shape index (κ2) is 7.21. The third-order valence-corrected chi connectivity index (χ3v) is 5.80. The van der Waals surface area contributed by atoms with E-state index < -0.39 is 27.8 Å². The SMILES string of the molecule is CNS(=O)(=O)N1CCC(Nc2ncc3cc(C(F)F)c(=O)[nH]c3n2)CC1. The van der Waals surface area contributed by atoms with Crippen molar-refractivity contribution in [3.63, 3.8) is 0 Å². The highest BCUT2D eigenvalue weighted by Gasteiger charge is 2.27. The number of halogens is 2. The molecule has 1 aliphatic heterocycles. The van der Waals surface area contributed by atoms with Crippen molar-refractivity contribution in [3.8, 4) is 0 Å². The molecule has 12 heteroatoms. The Morgan fingerprint density at radius 2 is 2.04 bits per heavy atom. The molecule has 2 aromatic heterocycles. The number of rotatable bonds is 5. The van der Waals surface area contributed by atoms with Crippen LogP contribution in [0.25, 0.3) is 11.0 Å². The standard InChI is InChI=1S/C14H18F2N6O3S/c1-17-26(24,25)22-4-2-9(3-5-22)19-14-18-7-8-6-10(11(15)16)13(23)20-12(8)21-14/h6-7,9,11,17H,2-5H2,1H3,(H2,18,19,20,21,23). The third kappa shape index (κ3) is 3.81. The van der Waals surface area contributed by atoms with Crippen LogP contribution in [0.4, 0.5) is 14.7 Å². The molecule has 1 aliphatic rings. The molecule has 1 fully saturated rings. The van der Waals surface area contributed by atoms with E-state index >= 15 is 0 Å². The molecule has 3 rings (SSSR count). The molecule has 0 bridgehead atoms. The van der Waals surface area contributed by atoms with E-state index in [2.05, 4.69) is 25.0 Å². The van der Waals surface area contributed by atoms with Crippen LogP contribution in [0.5, 0.6) is 0 Å². The van der Waals surface area contributed by atoms with Crippen LogP contribution in [-0.2, 0) is 10.2 Å². The normalized spacial score (nSPS) is 17.1. The minimum Gasteiger partial charge on any atom is -0.351 e. The first-order valence-electron chi connectivity index (χ1n) is 7.93. The first-order chi connectivity index (χ1) is 12.3. The van der Waals surface area contributed by atoms with Crippen LogP contribution in [0, 0.1) is 0 Å². The van der Waals surface area contributed by atoms with Gasteiger partial charge in [-0.25, -0.2) is 18.5 Å². The Morgan fingerprint density at radius 1 is 1.35 bits per heavy atom. The topological polar surface area (TPSA) is 120 Å². The van der Waals surface area contributed by atoms with Crippen molar-refractivity contribution in [1.29, 1.82) is 0 Å². The smallest absolute Gasteiger partial charge is 0.279 e. The maximum absolute atomic E-state index is 12.8. The molecule has 0 unspecified atom stereocenters. The minimum atomic E-state index is -3.44. The van der Waals surface area contributed by atoms with Crippen LogP contribution >= 0.6 is 0 Å². The van der Waals surface area contributed by atoms with E-state index in [1.807, 2.05) is 0 Å². The van der Waals surface area contributed by atoms with Crippen LogP contribution in [0.3, 0.4) is 0 Å². The van der Waals surface area contributed by atoms with Crippen molar-refractivity contribution in [2.75, 3.05) is 25.5 Å². The summed E-state index contributed by atoms with van der Waals surface area (Å²) in [4.78, 5) is 22.2. The van der Waals surface area contributed by atoms with E-state index in [1.54, 1.807) is 0 Å². The van der Waals surface area contributed by atoms with Gasteiger partial charge in [-0.1, -0.05) is 0 Å². The summed E-state index contributed by atoms with van der Waals surface area (Å²) in [6, 6.07) is 1.03. The van der Waals surface area contributed by atoms with Crippen molar-refractivity contribution in [3.05, 3.63) is 28.2 Å². The van der Waals surface area contributed by atoms with Crippen LogP contribution < -0.4 is 15.6 Å². The summed E-state index contributed by atoms with van der Waals surface area (Å²) in [5.41, 5.74) is -1.35. The summed E-state index contributed by atoms with van der Waals surface area (Å²) in [5.74, 6) is 0.243. The Kier molecular flexibility index (Phi) is 5.16. The number of nitrogens with zero attached hydrogens (tertiary/aromatic N) is 3. The number of hydrogen-bond acceptors (Lipinski definition) is 6. The first-order valence-corrected chi connectivity index (χ1v) is 9.37. The zero-order valence-corrected chi connectivity index (χ0v) is 14.7. The number of fused-ring (bicyclic) bond motifs is 1. The summed E-state index contributed by atoms with van der Waals surface area (Å²) in [6.45, 7) is 0.700. The lowest BCUT2D eigenvalue weighted by atomic mass is 10.1. The minimum absolute atomic E-state index is 0.0391. The van der Waals surface area contributed by atoms with Crippen LogP contribution in [0.1, 0.15) is 24.8 Å². The number of aromatic nitrogens is 3.